The molecule has 23 heavy (non-hydrogen) atoms. The van der Waals surface area contributed by atoms with Gasteiger partial charge < -0.3 is 10.6 Å². The highest BCUT2D eigenvalue weighted by molar-refractivity contribution is 5.85. The SMILES string of the molecule is Cl.NC1CCCC(C(=O)N(C2CC2)C2CCc3ccccc32)C1. The Morgan fingerprint density at radius 3 is 2.61 bits per heavy atom. The van der Waals surface area contributed by atoms with Crippen molar-refractivity contribution >= 4 is 18.3 Å². The van der Waals surface area contributed by atoms with Crippen LogP contribution in [-0.4, -0.2) is 22.9 Å². The molecule has 2 N–H and O–H groups in total. The molecule has 3 aliphatic carbocycles. The summed E-state index contributed by atoms with van der Waals surface area (Å²) < 4.78 is 0. The molecule has 0 heterocycles. The predicted molar refractivity (Wildman–Crippen MR) is 94.6 cm³/mol. The maximum absolute atomic E-state index is 13.2. The van der Waals surface area contributed by atoms with Crippen molar-refractivity contribution in [2.75, 3.05) is 0 Å². The molecule has 2 fully saturated rings. The monoisotopic (exact) mass is 334 g/mol. The van der Waals surface area contributed by atoms with E-state index in [1.807, 2.05) is 0 Å². The van der Waals surface area contributed by atoms with Gasteiger partial charge in [0.1, 0.15) is 0 Å². The van der Waals surface area contributed by atoms with Crippen molar-refractivity contribution in [3.8, 4) is 0 Å². The fourth-order valence-corrected chi connectivity index (χ4v) is 4.43. The highest BCUT2D eigenvalue weighted by Crippen LogP contribution is 2.43. The fourth-order valence-electron chi connectivity index (χ4n) is 4.43. The standard InChI is InChI=1S/C19H26N2O.ClH/c20-15-6-3-5-14(12-15)19(22)21(16-9-10-16)18-11-8-13-4-1-2-7-17(13)18;/h1-2,4,7,14-16,18H,3,5-6,8-12,20H2;1H. The molecule has 1 aromatic carbocycles. The number of nitrogens with zero attached hydrogens (tertiary/aromatic N) is 1. The molecule has 3 atom stereocenters. The van der Waals surface area contributed by atoms with E-state index in [0.29, 0.717) is 18.0 Å². The third-order valence-electron chi connectivity index (χ3n) is 5.70. The van der Waals surface area contributed by atoms with Gasteiger partial charge in [0.2, 0.25) is 5.91 Å². The van der Waals surface area contributed by atoms with Crippen molar-refractivity contribution < 1.29 is 4.79 Å². The number of halogens is 1. The van der Waals surface area contributed by atoms with E-state index in [1.54, 1.807) is 0 Å². The summed E-state index contributed by atoms with van der Waals surface area (Å²) in [6.07, 6.45) is 8.69. The average Bonchev–Trinajstić information content (AvgIpc) is 3.28. The third kappa shape index (κ3) is 3.27. The highest BCUT2D eigenvalue weighted by atomic mass is 35.5. The van der Waals surface area contributed by atoms with Crippen LogP contribution in [0.1, 0.15) is 62.1 Å². The van der Waals surface area contributed by atoms with Gasteiger partial charge in [-0.2, -0.15) is 0 Å². The zero-order valence-electron chi connectivity index (χ0n) is 13.6. The molecule has 1 aromatic rings. The van der Waals surface area contributed by atoms with E-state index >= 15 is 0 Å². The Kier molecular flexibility index (Phi) is 4.98. The number of carbonyl (C=O) groups excluding carboxylic acids is 1. The lowest BCUT2D eigenvalue weighted by Gasteiger charge is -2.35. The molecule has 1 amide bonds. The smallest absolute Gasteiger partial charge is 0.226 e. The van der Waals surface area contributed by atoms with Crippen molar-refractivity contribution in [3.05, 3.63) is 35.4 Å². The number of benzene rings is 1. The summed E-state index contributed by atoms with van der Waals surface area (Å²) in [6.45, 7) is 0. The largest absolute Gasteiger partial charge is 0.332 e. The minimum Gasteiger partial charge on any atom is -0.332 e. The van der Waals surface area contributed by atoms with Crippen molar-refractivity contribution in [1.82, 2.24) is 4.90 Å². The zero-order valence-corrected chi connectivity index (χ0v) is 14.4. The topological polar surface area (TPSA) is 46.3 Å². The Bertz CT molecular complexity index is 572. The van der Waals surface area contributed by atoms with Crippen molar-refractivity contribution in [2.24, 2.45) is 11.7 Å². The van der Waals surface area contributed by atoms with E-state index in [-0.39, 0.29) is 24.4 Å². The van der Waals surface area contributed by atoms with Gasteiger partial charge in [0.25, 0.3) is 0 Å². The lowest BCUT2D eigenvalue weighted by atomic mass is 9.84. The Hall–Kier alpha value is -1.06. The Morgan fingerprint density at radius 1 is 1.09 bits per heavy atom. The first-order valence-electron chi connectivity index (χ1n) is 8.89. The van der Waals surface area contributed by atoms with Crippen molar-refractivity contribution in [2.45, 2.75) is 69.5 Å². The summed E-state index contributed by atoms with van der Waals surface area (Å²) in [5.74, 6) is 0.552. The minimum absolute atomic E-state index is 0. The molecule has 4 rings (SSSR count). The Morgan fingerprint density at radius 2 is 1.87 bits per heavy atom. The molecule has 0 aliphatic heterocycles. The number of hydrogen-bond donors (Lipinski definition) is 1. The normalized spacial score (nSPS) is 29.5. The minimum atomic E-state index is 0. The van der Waals surface area contributed by atoms with Gasteiger partial charge in [0.05, 0.1) is 6.04 Å². The second-order valence-electron chi connectivity index (χ2n) is 7.35. The van der Waals surface area contributed by atoms with Crippen molar-refractivity contribution in [3.63, 3.8) is 0 Å². The van der Waals surface area contributed by atoms with Gasteiger partial charge in [-0.25, -0.2) is 0 Å². The van der Waals surface area contributed by atoms with Gasteiger partial charge in [-0.3, -0.25) is 4.79 Å². The molecule has 3 aliphatic rings. The number of fused-ring (bicyclic) bond motifs is 1. The van der Waals surface area contributed by atoms with E-state index < -0.39 is 0 Å². The molecule has 0 spiro atoms. The molecule has 3 nitrogen and oxygen atoms in total. The highest BCUT2D eigenvalue weighted by Gasteiger charge is 2.42. The maximum Gasteiger partial charge on any atom is 0.226 e. The second kappa shape index (κ2) is 6.82. The first-order chi connectivity index (χ1) is 10.7. The lowest BCUT2D eigenvalue weighted by Crippen LogP contribution is -2.43. The summed E-state index contributed by atoms with van der Waals surface area (Å²) >= 11 is 0. The molecule has 4 heteroatoms. The summed E-state index contributed by atoms with van der Waals surface area (Å²) in [5.41, 5.74) is 8.94. The van der Waals surface area contributed by atoms with E-state index in [1.165, 1.54) is 24.0 Å². The van der Waals surface area contributed by atoms with Crippen LogP contribution in [-0.2, 0) is 11.2 Å². The van der Waals surface area contributed by atoms with Crippen LogP contribution in [0.25, 0.3) is 0 Å². The van der Waals surface area contributed by atoms with Crippen LogP contribution in [0.3, 0.4) is 0 Å². The Labute approximate surface area is 145 Å². The molecular weight excluding hydrogens is 308 g/mol. The summed E-state index contributed by atoms with van der Waals surface area (Å²) in [6, 6.07) is 9.70. The van der Waals surface area contributed by atoms with Crippen LogP contribution in [0.5, 0.6) is 0 Å². The van der Waals surface area contributed by atoms with Crippen LogP contribution >= 0.6 is 12.4 Å². The first kappa shape index (κ1) is 16.8. The number of nitrogens with two attached hydrogens (primary N) is 1. The number of carbonyl (C=O) groups is 1. The molecule has 2 saturated carbocycles. The van der Waals surface area contributed by atoms with Gasteiger partial charge >= 0.3 is 0 Å². The van der Waals surface area contributed by atoms with Gasteiger partial charge in [-0.1, -0.05) is 30.7 Å². The van der Waals surface area contributed by atoms with Crippen LogP contribution in [0, 0.1) is 5.92 Å². The molecule has 3 unspecified atom stereocenters. The second-order valence-corrected chi connectivity index (χ2v) is 7.35. The predicted octanol–water partition coefficient (Wildman–Crippen LogP) is 3.60. The molecule has 0 radical (unpaired) electrons. The fraction of sp³-hybridized carbons (Fsp3) is 0.632. The number of hydrogen-bond acceptors (Lipinski definition) is 2. The van der Waals surface area contributed by atoms with Crippen LogP contribution < -0.4 is 5.73 Å². The molecule has 0 bridgehead atoms. The number of rotatable bonds is 3. The Balaban J connectivity index is 0.00000156. The maximum atomic E-state index is 13.2. The van der Waals surface area contributed by atoms with Gasteiger partial charge in [-0.05, 0) is 56.1 Å². The molecule has 0 aromatic heterocycles. The molecular formula is C19H27ClN2O. The first-order valence-corrected chi connectivity index (χ1v) is 8.89. The van der Waals surface area contributed by atoms with Crippen molar-refractivity contribution in [1.29, 1.82) is 0 Å². The van der Waals surface area contributed by atoms with Gasteiger partial charge in [-0.15, -0.1) is 12.4 Å². The third-order valence-corrected chi connectivity index (χ3v) is 5.70. The summed E-state index contributed by atoms with van der Waals surface area (Å²) in [7, 11) is 0. The van der Waals surface area contributed by atoms with Crippen LogP contribution in [0.2, 0.25) is 0 Å². The quantitative estimate of drug-likeness (QED) is 0.918. The zero-order chi connectivity index (χ0) is 15.1. The summed E-state index contributed by atoms with van der Waals surface area (Å²) in [5, 5.41) is 0. The van der Waals surface area contributed by atoms with E-state index in [2.05, 4.69) is 29.2 Å². The van der Waals surface area contributed by atoms with E-state index in [9.17, 15) is 4.79 Å². The summed E-state index contributed by atoms with van der Waals surface area (Å²) in [4.78, 5) is 15.5. The molecule has 126 valence electrons. The van der Waals surface area contributed by atoms with Crippen LogP contribution in [0.4, 0.5) is 0 Å². The van der Waals surface area contributed by atoms with E-state index in [4.69, 9.17) is 5.73 Å². The van der Waals surface area contributed by atoms with Crippen LogP contribution in [0.15, 0.2) is 24.3 Å². The lowest BCUT2D eigenvalue weighted by molar-refractivity contribution is -0.140. The molecule has 0 saturated heterocycles. The van der Waals surface area contributed by atoms with Gasteiger partial charge in [0, 0.05) is 18.0 Å². The number of amides is 1. The number of aryl methyl sites for hydroxylation is 1. The average molecular weight is 335 g/mol. The van der Waals surface area contributed by atoms with E-state index in [0.717, 1.165) is 38.5 Å². The van der Waals surface area contributed by atoms with Gasteiger partial charge in [0.15, 0.2) is 0 Å².